The first-order valence-electron chi connectivity index (χ1n) is 13.3. The Morgan fingerprint density at radius 1 is 1.12 bits per heavy atom. The van der Waals surface area contributed by atoms with E-state index in [1.165, 1.54) is 12.1 Å². The number of hydrogen-bond donors (Lipinski definition) is 3. The Morgan fingerprint density at radius 3 is 2.48 bits per heavy atom. The molecule has 4 aromatic rings. The summed E-state index contributed by atoms with van der Waals surface area (Å²) in [7, 11) is 0. The van der Waals surface area contributed by atoms with E-state index < -0.39 is 23.5 Å². The van der Waals surface area contributed by atoms with Crippen molar-refractivity contribution in [2.24, 2.45) is 5.92 Å². The lowest BCUT2D eigenvalue weighted by molar-refractivity contribution is -0.137. The Morgan fingerprint density at radius 2 is 1.88 bits per heavy atom. The SMILES string of the molecule is Cc1cccc(-c2nc3nc(C(=O)O)nc(N[C@H](CCCO)C4CCC4)c3n2Cc2ccc(C(F)(F)F)cc2)c1. The van der Waals surface area contributed by atoms with Gasteiger partial charge in [-0.25, -0.2) is 19.7 Å². The summed E-state index contributed by atoms with van der Waals surface area (Å²) in [5.41, 5.74) is 2.24. The fourth-order valence-corrected chi connectivity index (χ4v) is 5.13. The van der Waals surface area contributed by atoms with Crippen LogP contribution in [0.4, 0.5) is 19.0 Å². The van der Waals surface area contributed by atoms with Gasteiger partial charge in [0.1, 0.15) is 11.3 Å². The first-order valence-corrected chi connectivity index (χ1v) is 13.3. The van der Waals surface area contributed by atoms with Crippen LogP contribution in [-0.4, -0.2) is 48.4 Å². The molecule has 2 heterocycles. The normalized spacial score (nSPS) is 14.7. The van der Waals surface area contributed by atoms with Gasteiger partial charge in [0, 0.05) is 24.8 Å². The van der Waals surface area contributed by atoms with Gasteiger partial charge in [-0.2, -0.15) is 13.2 Å². The molecule has 1 fully saturated rings. The van der Waals surface area contributed by atoms with Gasteiger partial charge < -0.3 is 20.1 Å². The number of fused-ring (bicyclic) bond motifs is 1. The first-order chi connectivity index (χ1) is 19.1. The molecule has 2 aromatic heterocycles. The molecule has 0 spiro atoms. The molecule has 2 aromatic carbocycles. The van der Waals surface area contributed by atoms with Crippen molar-refractivity contribution in [3.63, 3.8) is 0 Å². The average molecular weight is 554 g/mol. The lowest BCUT2D eigenvalue weighted by Gasteiger charge is -2.35. The number of halogens is 3. The minimum Gasteiger partial charge on any atom is -0.475 e. The van der Waals surface area contributed by atoms with E-state index in [2.05, 4.69) is 15.3 Å². The molecule has 0 amide bonds. The molecular formula is C29H30F3N5O3. The maximum Gasteiger partial charge on any atom is 0.416 e. The van der Waals surface area contributed by atoms with Gasteiger partial charge in [0.25, 0.3) is 0 Å². The second-order valence-electron chi connectivity index (χ2n) is 10.3. The van der Waals surface area contributed by atoms with Crippen molar-refractivity contribution >= 4 is 23.0 Å². The highest BCUT2D eigenvalue weighted by molar-refractivity contribution is 5.92. The summed E-state index contributed by atoms with van der Waals surface area (Å²) in [4.78, 5) is 25.3. The first kappa shape index (κ1) is 27.6. The van der Waals surface area contributed by atoms with E-state index in [0.717, 1.165) is 42.5 Å². The number of carboxylic acid groups (broad SMARTS) is 1. The van der Waals surface area contributed by atoms with Gasteiger partial charge in [-0.1, -0.05) is 42.3 Å². The van der Waals surface area contributed by atoms with Crippen LogP contribution >= 0.6 is 0 Å². The second kappa shape index (κ2) is 11.2. The summed E-state index contributed by atoms with van der Waals surface area (Å²) >= 11 is 0. The van der Waals surface area contributed by atoms with Gasteiger partial charge in [-0.3, -0.25) is 0 Å². The standard InChI is InChI=1S/C29H30F3N5O3/c1-17-5-2-8-20(15-17)27-36-25-23(37(27)16-18-10-12-21(13-11-18)29(30,31)32)24(34-26(35-25)28(39)40)33-22(9-4-14-38)19-6-3-7-19/h2,5,8,10-13,15,19,22,38H,3-4,6-7,9,14,16H2,1H3,(H,39,40)(H,33,34,35)/t22-/m1/s1. The molecule has 5 rings (SSSR count). The van der Waals surface area contributed by atoms with Gasteiger partial charge >= 0.3 is 12.1 Å². The van der Waals surface area contributed by atoms with Crippen LogP contribution in [-0.2, 0) is 12.7 Å². The van der Waals surface area contributed by atoms with Crippen molar-refractivity contribution < 1.29 is 28.2 Å². The summed E-state index contributed by atoms with van der Waals surface area (Å²) in [6, 6.07) is 12.5. The van der Waals surface area contributed by atoms with Crippen molar-refractivity contribution in [1.29, 1.82) is 0 Å². The van der Waals surface area contributed by atoms with E-state index >= 15 is 0 Å². The number of carbonyl (C=O) groups is 1. The lowest BCUT2D eigenvalue weighted by atomic mass is 9.78. The third-order valence-electron chi connectivity index (χ3n) is 7.41. The number of aromatic carboxylic acids is 1. The molecule has 1 aliphatic rings. The van der Waals surface area contributed by atoms with Crippen molar-refractivity contribution in [3.8, 4) is 11.4 Å². The van der Waals surface area contributed by atoms with Crippen LogP contribution in [0.2, 0.25) is 0 Å². The highest BCUT2D eigenvalue weighted by atomic mass is 19.4. The van der Waals surface area contributed by atoms with Crippen molar-refractivity contribution in [2.45, 2.75) is 57.8 Å². The molecule has 11 heteroatoms. The Kier molecular flexibility index (Phi) is 7.75. The Hall–Kier alpha value is -3.99. The summed E-state index contributed by atoms with van der Waals surface area (Å²) in [5, 5.41) is 22.7. The van der Waals surface area contributed by atoms with E-state index in [4.69, 9.17) is 4.98 Å². The van der Waals surface area contributed by atoms with Crippen LogP contribution in [0.15, 0.2) is 48.5 Å². The summed E-state index contributed by atoms with van der Waals surface area (Å²) in [6.07, 6.45) is -0.0631. The number of hydrogen-bond acceptors (Lipinski definition) is 6. The highest BCUT2D eigenvalue weighted by Gasteiger charge is 2.31. The number of rotatable bonds is 10. The van der Waals surface area contributed by atoms with Crippen LogP contribution < -0.4 is 5.32 Å². The van der Waals surface area contributed by atoms with Crippen molar-refractivity contribution in [3.05, 3.63) is 71.0 Å². The van der Waals surface area contributed by atoms with Gasteiger partial charge in [-0.05, 0) is 62.3 Å². The molecule has 1 saturated carbocycles. The number of benzene rings is 2. The zero-order chi connectivity index (χ0) is 28.4. The minimum absolute atomic E-state index is 0.0355. The van der Waals surface area contributed by atoms with Gasteiger partial charge in [0.2, 0.25) is 5.82 Å². The molecular weight excluding hydrogens is 523 g/mol. The van der Waals surface area contributed by atoms with Crippen LogP contribution in [0.5, 0.6) is 0 Å². The zero-order valence-corrected chi connectivity index (χ0v) is 21.9. The number of aliphatic hydroxyl groups is 1. The maximum absolute atomic E-state index is 13.2. The average Bonchev–Trinajstić information content (AvgIpc) is 3.24. The number of carboxylic acids is 1. The van der Waals surface area contributed by atoms with E-state index in [0.29, 0.717) is 41.5 Å². The molecule has 1 atom stereocenters. The predicted molar refractivity (Wildman–Crippen MR) is 144 cm³/mol. The number of nitrogens with one attached hydrogen (secondary N) is 1. The summed E-state index contributed by atoms with van der Waals surface area (Å²) in [5.74, 6) is -0.550. The van der Waals surface area contributed by atoms with E-state index in [-0.39, 0.29) is 24.8 Å². The minimum atomic E-state index is -4.45. The summed E-state index contributed by atoms with van der Waals surface area (Å²) in [6.45, 7) is 2.13. The fourth-order valence-electron chi connectivity index (χ4n) is 5.13. The Bertz CT molecular complexity index is 1510. The van der Waals surface area contributed by atoms with Gasteiger partial charge in [-0.15, -0.1) is 0 Å². The number of nitrogens with zero attached hydrogens (tertiary/aromatic N) is 4. The lowest BCUT2D eigenvalue weighted by Crippen LogP contribution is -2.34. The Balaban J connectivity index is 1.67. The molecule has 1 aliphatic carbocycles. The molecule has 0 unspecified atom stereocenters. The maximum atomic E-state index is 13.2. The molecule has 210 valence electrons. The van der Waals surface area contributed by atoms with Crippen molar-refractivity contribution in [1.82, 2.24) is 19.5 Å². The summed E-state index contributed by atoms with van der Waals surface area (Å²) < 4.78 is 41.4. The van der Waals surface area contributed by atoms with Crippen molar-refractivity contribution in [2.75, 3.05) is 11.9 Å². The van der Waals surface area contributed by atoms with E-state index in [1.807, 2.05) is 35.8 Å². The molecule has 8 nitrogen and oxygen atoms in total. The monoisotopic (exact) mass is 553 g/mol. The number of anilines is 1. The highest BCUT2D eigenvalue weighted by Crippen LogP contribution is 2.36. The predicted octanol–water partition coefficient (Wildman–Crippen LogP) is 5.92. The third kappa shape index (κ3) is 5.79. The van der Waals surface area contributed by atoms with Gasteiger partial charge in [0.15, 0.2) is 11.5 Å². The molecule has 0 aliphatic heterocycles. The second-order valence-corrected chi connectivity index (χ2v) is 10.3. The third-order valence-corrected chi connectivity index (χ3v) is 7.41. The zero-order valence-electron chi connectivity index (χ0n) is 21.9. The number of alkyl halides is 3. The van der Waals surface area contributed by atoms with E-state index in [1.54, 1.807) is 0 Å². The van der Waals surface area contributed by atoms with Crippen LogP contribution in [0, 0.1) is 12.8 Å². The Labute approximate surface area is 228 Å². The van der Waals surface area contributed by atoms with Crippen LogP contribution in [0.25, 0.3) is 22.6 Å². The number of aromatic nitrogens is 4. The number of aliphatic hydroxyl groups excluding tert-OH is 1. The number of imidazole rings is 1. The van der Waals surface area contributed by atoms with Gasteiger partial charge in [0.05, 0.1) is 5.56 Å². The smallest absolute Gasteiger partial charge is 0.416 e. The molecule has 3 N–H and O–H groups in total. The largest absolute Gasteiger partial charge is 0.475 e. The number of aryl methyl sites for hydroxylation is 1. The van der Waals surface area contributed by atoms with Crippen LogP contribution in [0.3, 0.4) is 0 Å². The quantitative estimate of drug-likeness (QED) is 0.223. The molecule has 0 radical (unpaired) electrons. The fraction of sp³-hybridized carbons (Fsp3) is 0.379. The molecule has 0 saturated heterocycles. The topological polar surface area (TPSA) is 113 Å². The van der Waals surface area contributed by atoms with E-state index in [9.17, 15) is 28.2 Å². The molecule has 40 heavy (non-hydrogen) atoms. The van der Waals surface area contributed by atoms with Crippen LogP contribution in [0.1, 0.15) is 59.4 Å². The molecule has 0 bridgehead atoms.